The molecule has 2 aromatic carbocycles. The number of fused-ring (bicyclic) bond motifs is 3. The number of carbonyl (C=O) groups is 1. The van der Waals surface area contributed by atoms with E-state index in [0.29, 0.717) is 41.7 Å². The fourth-order valence-electron chi connectivity index (χ4n) is 4.64. The molecule has 0 bridgehead atoms. The van der Waals surface area contributed by atoms with E-state index in [9.17, 15) is 4.79 Å². The van der Waals surface area contributed by atoms with E-state index in [4.69, 9.17) is 23.7 Å². The van der Waals surface area contributed by atoms with Crippen molar-refractivity contribution in [1.82, 2.24) is 4.90 Å². The average Bonchev–Trinajstić information content (AvgIpc) is 3.42. The highest BCUT2D eigenvalue weighted by Crippen LogP contribution is 2.44. The van der Waals surface area contributed by atoms with E-state index in [1.54, 1.807) is 20.3 Å². The normalized spacial score (nSPS) is 21.2. The summed E-state index contributed by atoms with van der Waals surface area (Å²) >= 11 is 0. The van der Waals surface area contributed by atoms with Crippen molar-refractivity contribution in [1.29, 1.82) is 0 Å². The number of hydrogen-bond donors (Lipinski definition) is 0. The van der Waals surface area contributed by atoms with Crippen LogP contribution >= 0.6 is 0 Å². The molecule has 0 amide bonds. The van der Waals surface area contributed by atoms with Crippen molar-refractivity contribution in [2.45, 2.75) is 32.4 Å². The van der Waals surface area contributed by atoms with Gasteiger partial charge in [0.25, 0.3) is 0 Å². The van der Waals surface area contributed by atoms with Crippen molar-refractivity contribution in [2.75, 3.05) is 34.1 Å². The van der Waals surface area contributed by atoms with Crippen molar-refractivity contribution < 1.29 is 28.5 Å². The van der Waals surface area contributed by atoms with E-state index in [1.807, 2.05) is 31.2 Å². The number of ether oxygens (including phenoxy) is 5. The lowest BCUT2D eigenvalue weighted by atomic mass is 9.98. The molecule has 0 N–H and O–H groups in total. The highest BCUT2D eigenvalue weighted by molar-refractivity contribution is 6.16. The molecule has 1 unspecified atom stereocenters. The fraction of sp³-hybridized carbons (Fsp3) is 0.400. The van der Waals surface area contributed by atoms with Crippen LogP contribution in [0.25, 0.3) is 6.08 Å². The lowest BCUT2D eigenvalue weighted by Crippen LogP contribution is -2.37. The lowest BCUT2D eigenvalue weighted by molar-refractivity contribution is 0.0273. The van der Waals surface area contributed by atoms with Gasteiger partial charge in [-0.2, -0.15) is 0 Å². The van der Waals surface area contributed by atoms with Crippen LogP contribution in [0.3, 0.4) is 0 Å². The van der Waals surface area contributed by atoms with E-state index in [1.165, 1.54) is 0 Å². The first-order valence-corrected chi connectivity index (χ1v) is 10.9. The van der Waals surface area contributed by atoms with Crippen LogP contribution < -0.4 is 18.9 Å². The summed E-state index contributed by atoms with van der Waals surface area (Å²) in [5.41, 5.74) is 3.06. The van der Waals surface area contributed by atoms with Crippen LogP contribution in [0.2, 0.25) is 0 Å². The van der Waals surface area contributed by atoms with Gasteiger partial charge in [0.15, 0.2) is 17.3 Å². The molecule has 3 heterocycles. The number of benzene rings is 2. The maximum atomic E-state index is 13.3. The van der Waals surface area contributed by atoms with E-state index < -0.39 is 0 Å². The highest BCUT2D eigenvalue weighted by atomic mass is 16.5. The maximum Gasteiger partial charge on any atom is 0.232 e. The van der Waals surface area contributed by atoms with E-state index in [2.05, 4.69) is 4.90 Å². The number of allylic oxidation sites excluding steroid dienone is 1. The molecule has 3 aliphatic heterocycles. The second kappa shape index (κ2) is 8.48. The van der Waals surface area contributed by atoms with Crippen molar-refractivity contribution >= 4 is 11.9 Å². The van der Waals surface area contributed by atoms with Crippen molar-refractivity contribution in [3.63, 3.8) is 0 Å². The third-order valence-electron chi connectivity index (χ3n) is 6.19. The van der Waals surface area contributed by atoms with Gasteiger partial charge in [-0.25, -0.2) is 0 Å². The molecule has 3 aliphatic rings. The number of nitrogens with zero attached hydrogens (tertiary/aromatic N) is 1. The van der Waals surface area contributed by atoms with Gasteiger partial charge in [-0.1, -0.05) is 12.1 Å². The van der Waals surface area contributed by atoms with Gasteiger partial charge in [0.1, 0.15) is 18.2 Å². The maximum absolute atomic E-state index is 13.3. The van der Waals surface area contributed by atoms with Crippen LogP contribution in [0.1, 0.15) is 39.9 Å². The molecular weight excluding hydrogens is 410 g/mol. The molecule has 7 nitrogen and oxygen atoms in total. The van der Waals surface area contributed by atoms with E-state index >= 15 is 0 Å². The number of methoxy groups -OCH3 is 2. The number of para-hydroxylation sites is 1. The number of ketones is 1. The standard InChI is InChI=1S/C25H27NO6/c1-15-10-20-18(13-26(14-31-20)12-17-7-5-9-30-17)25-22(15)23(27)21(32-25)11-16-6-4-8-19(28-2)24(16)29-3/h4,6,8,10-11,17H,5,7,9,12-14H2,1-3H3/b21-11-. The largest absolute Gasteiger partial charge is 0.493 e. The third kappa shape index (κ3) is 3.61. The summed E-state index contributed by atoms with van der Waals surface area (Å²) in [4.78, 5) is 15.5. The van der Waals surface area contributed by atoms with E-state index in [0.717, 1.165) is 42.9 Å². The zero-order valence-electron chi connectivity index (χ0n) is 18.6. The highest BCUT2D eigenvalue weighted by Gasteiger charge is 2.36. The second-order valence-electron chi connectivity index (χ2n) is 8.32. The topological polar surface area (TPSA) is 66.5 Å². The van der Waals surface area contributed by atoms with Crippen LogP contribution in [-0.2, 0) is 11.3 Å². The summed E-state index contributed by atoms with van der Waals surface area (Å²) in [7, 11) is 3.16. The predicted molar refractivity (Wildman–Crippen MR) is 119 cm³/mol. The van der Waals surface area contributed by atoms with Gasteiger partial charge in [-0.15, -0.1) is 0 Å². The molecule has 0 aliphatic carbocycles. The van der Waals surface area contributed by atoms with Crippen LogP contribution in [0.4, 0.5) is 0 Å². The molecule has 32 heavy (non-hydrogen) atoms. The smallest absolute Gasteiger partial charge is 0.232 e. The van der Waals surface area contributed by atoms with Gasteiger partial charge in [-0.05, 0) is 43.5 Å². The SMILES string of the molecule is COc1cccc(/C=C2\Oc3c4c(cc(C)c3C2=O)OCN(CC2CCCO2)C4)c1OC. The monoisotopic (exact) mass is 437 g/mol. The van der Waals surface area contributed by atoms with Gasteiger partial charge >= 0.3 is 0 Å². The molecule has 1 atom stereocenters. The predicted octanol–water partition coefficient (Wildman–Crippen LogP) is 3.96. The van der Waals surface area contributed by atoms with Gasteiger partial charge in [0.05, 0.1) is 31.5 Å². The number of rotatable bonds is 5. The van der Waals surface area contributed by atoms with Crippen molar-refractivity contribution in [2.24, 2.45) is 0 Å². The number of aryl methyl sites for hydroxylation is 1. The minimum Gasteiger partial charge on any atom is -0.493 e. The van der Waals surface area contributed by atoms with Crippen LogP contribution in [-0.4, -0.2) is 50.9 Å². The Kier molecular flexibility index (Phi) is 5.53. The molecule has 0 radical (unpaired) electrons. The Morgan fingerprint density at radius 2 is 2.12 bits per heavy atom. The van der Waals surface area contributed by atoms with Gasteiger partial charge in [0.2, 0.25) is 5.78 Å². The zero-order valence-corrected chi connectivity index (χ0v) is 18.6. The Morgan fingerprint density at radius 1 is 1.25 bits per heavy atom. The lowest BCUT2D eigenvalue weighted by Gasteiger charge is -2.31. The molecule has 0 aromatic heterocycles. The Morgan fingerprint density at radius 3 is 2.88 bits per heavy atom. The number of hydrogen-bond acceptors (Lipinski definition) is 7. The summed E-state index contributed by atoms with van der Waals surface area (Å²) in [5.74, 6) is 2.64. The van der Waals surface area contributed by atoms with Crippen LogP contribution in [0, 0.1) is 6.92 Å². The first-order chi connectivity index (χ1) is 15.6. The van der Waals surface area contributed by atoms with Crippen LogP contribution in [0.5, 0.6) is 23.0 Å². The molecule has 7 heteroatoms. The Labute approximate surface area is 187 Å². The Balaban J connectivity index is 1.48. The number of Topliss-reactive ketones (excluding diaryl/α,β-unsaturated/α-hetero) is 1. The molecule has 2 aromatic rings. The quantitative estimate of drug-likeness (QED) is 0.656. The molecule has 0 spiro atoms. The van der Waals surface area contributed by atoms with Crippen LogP contribution in [0.15, 0.2) is 30.0 Å². The zero-order chi connectivity index (χ0) is 22.2. The van der Waals surface area contributed by atoms with E-state index in [-0.39, 0.29) is 17.6 Å². The summed E-state index contributed by atoms with van der Waals surface area (Å²) in [6, 6.07) is 7.47. The molecule has 0 saturated carbocycles. The molecule has 5 rings (SSSR count). The third-order valence-corrected chi connectivity index (χ3v) is 6.19. The summed E-state index contributed by atoms with van der Waals surface area (Å²) in [6.07, 6.45) is 4.12. The summed E-state index contributed by atoms with van der Waals surface area (Å²) in [5, 5.41) is 0. The minimum atomic E-state index is -0.138. The van der Waals surface area contributed by atoms with Gasteiger partial charge in [-0.3, -0.25) is 9.69 Å². The average molecular weight is 437 g/mol. The number of carbonyl (C=O) groups excluding carboxylic acids is 1. The Bertz CT molecular complexity index is 1090. The Hall–Kier alpha value is -3.03. The second-order valence-corrected chi connectivity index (χ2v) is 8.32. The van der Waals surface area contributed by atoms with Gasteiger partial charge in [0, 0.05) is 25.3 Å². The molecule has 168 valence electrons. The first kappa shape index (κ1) is 20.8. The van der Waals surface area contributed by atoms with Crippen molar-refractivity contribution in [3.05, 3.63) is 52.3 Å². The molecule has 1 saturated heterocycles. The summed E-state index contributed by atoms with van der Waals surface area (Å²) in [6.45, 7) is 4.70. The molecular formula is C25H27NO6. The molecule has 1 fully saturated rings. The summed E-state index contributed by atoms with van der Waals surface area (Å²) < 4.78 is 28.9. The van der Waals surface area contributed by atoms with Crippen molar-refractivity contribution in [3.8, 4) is 23.0 Å². The fourth-order valence-corrected chi connectivity index (χ4v) is 4.64. The van der Waals surface area contributed by atoms with Gasteiger partial charge < -0.3 is 23.7 Å². The minimum absolute atomic E-state index is 0.138. The first-order valence-electron chi connectivity index (χ1n) is 10.9.